The summed E-state index contributed by atoms with van der Waals surface area (Å²) in [6, 6.07) is 6.22. The molecule has 0 unspecified atom stereocenters. The van der Waals surface area contributed by atoms with E-state index in [0.29, 0.717) is 0 Å². The van der Waals surface area contributed by atoms with Crippen LogP contribution in [-0.2, 0) is 11.8 Å². The Kier molecular flexibility index (Phi) is 2.36. The highest BCUT2D eigenvalue weighted by Crippen LogP contribution is 2.11. The molecule has 0 amide bonds. The number of pyridine rings is 1. The van der Waals surface area contributed by atoms with E-state index < -0.39 is 0 Å². The van der Waals surface area contributed by atoms with Crippen molar-refractivity contribution in [2.75, 3.05) is 0 Å². The molecule has 2 nitrogen and oxygen atoms in total. The molecule has 0 N–H and O–H groups in total. The molecule has 2 rings (SSSR count). The van der Waals surface area contributed by atoms with Crippen molar-refractivity contribution in [3.05, 3.63) is 35.8 Å². The Morgan fingerprint density at radius 3 is 3.00 bits per heavy atom. The zero-order valence-corrected chi connectivity index (χ0v) is 9.08. The molecule has 2 aromatic rings. The average Bonchev–Trinajstić information content (AvgIpc) is 2.59. The van der Waals surface area contributed by atoms with Gasteiger partial charge in [-0.05, 0) is 18.6 Å². The van der Waals surface area contributed by atoms with E-state index in [1.807, 2.05) is 6.07 Å². The van der Waals surface area contributed by atoms with Gasteiger partial charge in [-0.15, -0.1) is 0 Å². The molecular weight excluding hydrogens is 228 g/mol. The largest absolute Gasteiger partial charge is 0.304 e. The summed E-state index contributed by atoms with van der Waals surface area (Å²) in [5, 5.41) is 0.817. The number of hydrogen-bond donors (Lipinski definition) is 0. The molecule has 0 aliphatic rings. The number of aromatic nitrogens is 2. The Morgan fingerprint density at radius 1 is 1.46 bits per heavy atom. The molecule has 13 heavy (non-hydrogen) atoms. The van der Waals surface area contributed by atoms with Crippen LogP contribution in [0.15, 0.2) is 24.4 Å². The Labute approximate surface area is 85.7 Å². The number of rotatable bonds is 2. The first kappa shape index (κ1) is 8.75. The molecule has 0 atom stereocenters. The van der Waals surface area contributed by atoms with Gasteiger partial charge in [0.25, 0.3) is 0 Å². The molecule has 3 heteroatoms. The minimum Gasteiger partial charge on any atom is -0.304 e. The fourth-order valence-electron chi connectivity index (χ4n) is 1.47. The van der Waals surface area contributed by atoms with Gasteiger partial charge in [-0.1, -0.05) is 28.9 Å². The maximum absolute atomic E-state index is 4.46. The van der Waals surface area contributed by atoms with Crippen LogP contribution >= 0.6 is 15.9 Å². The highest BCUT2D eigenvalue weighted by molar-refractivity contribution is 9.08. The van der Waals surface area contributed by atoms with Crippen LogP contribution in [-0.4, -0.2) is 9.38 Å². The third kappa shape index (κ3) is 1.48. The molecule has 0 spiro atoms. The first-order valence-electron chi connectivity index (χ1n) is 4.37. The van der Waals surface area contributed by atoms with Gasteiger partial charge in [-0.2, -0.15) is 0 Å². The first-order chi connectivity index (χ1) is 6.35. The second-order valence-corrected chi connectivity index (χ2v) is 3.53. The van der Waals surface area contributed by atoms with E-state index in [-0.39, 0.29) is 0 Å². The first-order valence-corrected chi connectivity index (χ1v) is 5.49. The van der Waals surface area contributed by atoms with Crippen molar-refractivity contribution >= 4 is 21.6 Å². The molecule has 0 aliphatic carbocycles. The van der Waals surface area contributed by atoms with Gasteiger partial charge in [0.05, 0.1) is 5.69 Å². The predicted molar refractivity (Wildman–Crippen MR) is 57.2 cm³/mol. The number of fused-ring (bicyclic) bond motifs is 1. The summed E-state index contributed by atoms with van der Waals surface area (Å²) < 4.78 is 2.15. The smallest absolute Gasteiger partial charge is 0.137 e. The molecule has 2 aromatic heterocycles. The lowest BCUT2D eigenvalue weighted by molar-refractivity contribution is 0.979. The maximum Gasteiger partial charge on any atom is 0.137 e. The summed E-state index contributed by atoms with van der Waals surface area (Å²) in [5.41, 5.74) is 3.42. The van der Waals surface area contributed by atoms with Gasteiger partial charge in [0.1, 0.15) is 5.65 Å². The molecular formula is C10H11BrN2. The molecule has 0 aromatic carbocycles. The van der Waals surface area contributed by atoms with Gasteiger partial charge in [-0.3, -0.25) is 0 Å². The average molecular weight is 239 g/mol. The SMILES string of the molecule is CCc1cccc2nc(CBr)cn12. The van der Waals surface area contributed by atoms with Crippen LogP contribution < -0.4 is 0 Å². The van der Waals surface area contributed by atoms with Crippen molar-refractivity contribution in [2.45, 2.75) is 18.7 Å². The summed E-state index contributed by atoms with van der Waals surface area (Å²) in [6.07, 6.45) is 3.12. The van der Waals surface area contributed by atoms with Gasteiger partial charge < -0.3 is 4.40 Å². The molecule has 0 bridgehead atoms. The van der Waals surface area contributed by atoms with Crippen LogP contribution in [0.1, 0.15) is 18.3 Å². The Morgan fingerprint density at radius 2 is 2.31 bits per heavy atom. The second kappa shape index (κ2) is 3.50. The molecule has 68 valence electrons. The number of aryl methyl sites for hydroxylation is 1. The highest BCUT2D eigenvalue weighted by atomic mass is 79.9. The molecule has 0 aliphatic heterocycles. The molecule has 0 saturated carbocycles. The zero-order valence-electron chi connectivity index (χ0n) is 7.50. The Bertz CT molecular complexity index is 420. The van der Waals surface area contributed by atoms with Crippen LogP contribution in [0.5, 0.6) is 0 Å². The van der Waals surface area contributed by atoms with E-state index in [2.05, 4.69) is 50.6 Å². The van der Waals surface area contributed by atoms with Gasteiger partial charge >= 0.3 is 0 Å². The Balaban J connectivity index is 2.67. The van der Waals surface area contributed by atoms with E-state index in [1.165, 1.54) is 5.69 Å². The topological polar surface area (TPSA) is 17.3 Å². The van der Waals surface area contributed by atoms with Gasteiger partial charge in [0, 0.05) is 17.2 Å². The molecule has 0 radical (unpaired) electrons. The minimum absolute atomic E-state index is 0.817. The van der Waals surface area contributed by atoms with E-state index in [1.54, 1.807) is 0 Å². The number of halogens is 1. The lowest BCUT2D eigenvalue weighted by atomic mass is 10.3. The molecule has 0 fully saturated rings. The van der Waals surface area contributed by atoms with Crippen molar-refractivity contribution < 1.29 is 0 Å². The molecule has 2 heterocycles. The minimum atomic E-state index is 0.817. The van der Waals surface area contributed by atoms with Gasteiger partial charge in [0.15, 0.2) is 0 Å². The summed E-state index contributed by atoms with van der Waals surface area (Å²) in [5.74, 6) is 0. The third-order valence-electron chi connectivity index (χ3n) is 2.13. The maximum atomic E-state index is 4.46. The third-order valence-corrected chi connectivity index (χ3v) is 2.70. The number of imidazole rings is 1. The lowest BCUT2D eigenvalue weighted by Gasteiger charge is -1.99. The number of alkyl halides is 1. The molecule has 0 saturated heterocycles. The standard InChI is InChI=1S/C10H11BrN2/c1-2-9-4-3-5-10-12-8(6-11)7-13(9)10/h3-5,7H,2,6H2,1H3. The fourth-order valence-corrected chi connectivity index (χ4v) is 1.74. The van der Waals surface area contributed by atoms with Crippen molar-refractivity contribution in [1.82, 2.24) is 9.38 Å². The van der Waals surface area contributed by atoms with E-state index in [4.69, 9.17) is 0 Å². The number of nitrogens with zero attached hydrogens (tertiary/aromatic N) is 2. The van der Waals surface area contributed by atoms with Crippen molar-refractivity contribution in [2.24, 2.45) is 0 Å². The van der Waals surface area contributed by atoms with E-state index >= 15 is 0 Å². The zero-order chi connectivity index (χ0) is 9.26. The van der Waals surface area contributed by atoms with Crippen molar-refractivity contribution in [3.8, 4) is 0 Å². The van der Waals surface area contributed by atoms with Crippen molar-refractivity contribution in [1.29, 1.82) is 0 Å². The normalized spacial score (nSPS) is 10.9. The summed E-state index contributed by atoms with van der Waals surface area (Å²) >= 11 is 3.41. The highest BCUT2D eigenvalue weighted by Gasteiger charge is 2.01. The van der Waals surface area contributed by atoms with Crippen LogP contribution in [0.3, 0.4) is 0 Å². The Hall–Kier alpha value is -0.830. The van der Waals surface area contributed by atoms with Gasteiger partial charge in [-0.25, -0.2) is 4.98 Å². The van der Waals surface area contributed by atoms with Crippen molar-refractivity contribution in [3.63, 3.8) is 0 Å². The fraction of sp³-hybridized carbons (Fsp3) is 0.300. The quantitative estimate of drug-likeness (QED) is 0.736. The van der Waals surface area contributed by atoms with E-state index in [9.17, 15) is 0 Å². The summed E-state index contributed by atoms with van der Waals surface area (Å²) in [7, 11) is 0. The second-order valence-electron chi connectivity index (χ2n) is 2.96. The summed E-state index contributed by atoms with van der Waals surface area (Å²) in [4.78, 5) is 4.46. The summed E-state index contributed by atoms with van der Waals surface area (Å²) in [6.45, 7) is 2.16. The lowest BCUT2D eigenvalue weighted by Crippen LogP contribution is -1.92. The van der Waals surface area contributed by atoms with E-state index in [0.717, 1.165) is 23.1 Å². The van der Waals surface area contributed by atoms with Gasteiger partial charge in [0.2, 0.25) is 0 Å². The van der Waals surface area contributed by atoms with Crippen LogP contribution in [0, 0.1) is 0 Å². The van der Waals surface area contributed by atoms with Crippen LogP contribution in [0.2, 0.25) is 0 Å². The monoisotopic (exact) mass is 238 g/mol. The van der Waals surface area contributed by atoms with Crippen LogP contribution in [0.4, 0.5) is 0 Å². The van der Waals surface area contributed by atoms with Crippen LogP contribution in [0.25, 0.3) is 5.65 Å². The number of hydrogen-bond acceptors (Lipinski definition) is 1. The predicted octanol–water partition coefficient (Wildman–Crippen LogP) is 2.79.